The average Bonchev–Trinajstić information content (AvgIpc) is 3.16. The molecule has 23 heavy (non-hydrogen) atoms. The zero-order valence-corrected chi connectivity index (χ0v) is 12.2. The van der Waals surface area contributed by atoms with E-state index in [0.29, 0.717) is 12.6 Å². The summed E-state index contributed by atoms with van der Waals surface area (Å²) in [4.78, 5) is 14.2. The average molecular weight is 307 g/mol. The second-order valence-corrected chi connectivity index (χ2v) is 5.59. The minimum atomic E-state index is 0.120. The van der Waals surface area contributed by atoms with E-state index in [4.69, 9.17) is 5.26 Å². The molecule has 0 spiro atoms. The Morgan fingerprint density at radius 3 is 3.04 bits per heavy atom. The van der Waals surface area contributed by atoms with Gasteiger partial charge in [-0.2, -0.15) is 10.5 Å². The number of aromatic nitrogens is 4. The van der Waals surface area contributed by atoms with Crippen LogP contribution in [-0.4, -0.2) is 37.5 Å². The van der Waals surface area contributed by atoms with Crippen molar-refractivity contribution < 1.29 is 4.79 Å². The minimum Gasteiger partial charge on any atom is -0.360 e. The van der Waals surface area contributed by atoms with Crippen molar-refractivity contribution in [1.29, 1.82) is 5.26 Å². The molecule has 1 saturated carbocycles. The van der Waals surface area contributed by atoms with Crippen molar-refractivity contribution in [2.24, 2.45) is 0 Å². The van der Waals surface area contributed by atoms with Gasteiger partial charge in [-0.1, -0.05) is 0 Å². The van der Waals surface area contributed by atoms with Crippen LogP contribution in [0.25, 0.3) is 5.57 Å². The lowest BCUT2D eigenvalue weighted by atomic mass is 10.1. The van der Waals surface area contributed by atoms with Gasteiger partial charge in [-0.25, -0.2) is 0 Å². The Kier molecular flexibility index (Phi) is 3.05. The highest BCUT2D eigenvalue weighted by atomic mass is 16.2. The van der Waals surface area contributed by atoms with Gasteiger partial charge in [0.25, 0.3) is 5.91 Å². The summed E-state index contributed by atoms with van der Waals surface area (Å²) in [5.74, 6) is 0.352. The van der Waals surface area contributed by atoms with Gasteiger partial charge < -0.3 is 10.2 Å². The van der Waals surface area contributed by atoms with Crippen molar-refractivity contribution in [3.63, 3.8) is 0 Å². The molecule has 0 bridgehead atoms. The smallest absolute Gasteiger partial charge is 0.254 e. The lowest BCUT2D eigenvalue weighted by molar-refractivity contribution is 0.0766. The van der Waals surface area contributed by atoms with E-state index < -0.39 is 0 Å². The first-order valence-corrected chi connectivity index (χ1v) is 7.31. The standard InChI is InChI=1S/C15H13N7O/c16-6-10(14-18-20-21-19-14)7-17-11-1-4-13-9(5-11)8-22(15(13)23)12-2-3-12/h1,4-5,7,12,17H,2-3,8H2,(H,18,19,20,21). The van der Waals surface area contributed by atoms with Gasteiger partial charge in [-0.3, -0.25) is 4.79 Å². The number of tetrazole rings is 1. The quantitative estimate of drug-likeness (QED) is 0.824. The van der Waals surface area contributed by atoms with Gasteiger partial charge in [0.05, 0.1) is 0 Å². The van der Waals surface area contributed by atoms with Crippen LogP contribution < -0.4 is 5.32 Å². The van der Waals surface area contributed by atoms with Crippen LogP contribution in [0.1, 0.15) is 34.6 Å². The number of anilines is 1. The maximum absolute atomic E-state index is 12.3. The van der Waals surface area contributed by atoms with Crippen molar-refractivity contribution >= 4 is 17.2 Å². The number of allylic oxidation sites excluding steroid dienone is 1. The third-order valence-electron chi connectivity index (χ3n) is 4.01. The van der Waals surface area contributed by atoms with Gasteiger partial charge in [0.2, 0.25) is 5.82 Å². The monoisotopic (exact) mass is 307 g/mol. The van der Waals surface area contributed by atoms with E-state index in [-0.39, 0.29) is 17.3 Å². The number of H-pyrrole nitrogens is 1. The molecule has 8 heteroatoms. The maximum atomic E-state index is 12.3. The number of nitriles is 1. The second kappa shape index (κ2) is 5.21. The normalized spacial score (nSPS) is 17.1. The van der Waals surface area contributed by atoms with Gasteiger partial charge in [-0.05, 0) is 41.8 Å². The molecule has 1 aromatic heterocycles. The number of benzene rings is 1. The summed E-state index contributed by atoms with van der Waals surface area (Å²) in [5, 5.41) is 25.5. The summed E-state index contributed by atoms with van der Waals surface area (Å²) in [6.45, 7) is 0.661. The van der Waals surface area contributed by atoms with Crippen molar-refractivity contribution in [3.8, 4) is 6.07 Å². The Labute approximate surface area is 131 Å². The van der Waals surface area contributed by atoms with Crippen LogP contribution in [0.4, 0.5) is 5.69 Å². The van der Waals surface area contributed by atoms with Gasteiger partial charge in [0.1, 0.15) is 11.6 Å². The third-order valence-corrected chi connectivity index (χ3v) is 4.01. The van der Waals surface area contributed by atoms with Crippen molar-refractivity contribution in [2.75, 3.05) is 5.32 Å². The molecule has 1 aromatic carbocycles. The summed E-state index contributed by atoms with van der Waals surface area (Å²) in [6, 6.07) is 8.03. The fourth-order valence-electron chi connectivity index (χ4n) is 2.69. The number of rotatable bonds is 4. The highest BCUT2D eigenvalue weighted by Gasteiger charge is 2.38. The lowest BCUT2D eigenvalue weighted by Crippen LogP contribution is -2.25. The predicted octanol–water partition coefficient (Wildman–Crippen LogP) is 1.29. The SMILES string of the molecule is N#CC(=CNc1ccc2c(c1)CN(C1CC1)C2=O)c1nn[nH]n1. The van der Waals surface area contributed by atoms with E-state index in [0.717, 1.165) is 29.7 Å². The number of carbonyl (C=O) groups excluding carboxylic acids is 1. The zero-order chi connectivity index (χ0) is 15.8. The van der Waals surface area contributed by atoms with Crippen LogP contribution in [0.5, 0.6) is 0 Å². The molecule has 1 aliphatic heterocycles. The summed E-state index contributed by atoms with van der Waals surface area (Å²) in [6.07, 6.45) is 3.73. The molecule has 4 rings (SSSR count). The topological polar surface area (TPSA) is 111 Å². The highest BCUT2D eigenvalue weighted by molar-refractivity contribution is 5.99. The fraction of sp³-hybridized carbons (Fsp3) is 0.267. The molecule has 8 nitrogen and oxygen atoms in total. The Morgan fingerprint density at radius 1 is 1.48 bits per heavy atom. The van der Waals surface area contributed by atoms with E-state index in [9.17, 15) is 4.79 Å². The number of hydrogen-bond acceptors (Lipinski definition) is 6. The molecule has 0 saturated heterocycles. The Hall–Kier alpha value is -3.21. The minimum absolute atomic E-state index is 0.120. The molecule has 1 aliphatic carbocycles. The van der Waals surface area contributed by atoms with Gasteiger partial charge in [0.15, 0.2) is 0 Å². The van der Waals surface area contributed by atoms with Gasteiger partial charge >= 0.3 is 0 Å². The fourth-order valence-corrected chi connectivity index (χ4v) is 2.69. The molecule has 2 aliphatic rings. The summed E-state index contributed by atoms with van der Waals surface area (Å²) < 4.78 is 0. The number of amides is 1. The molecule has 114 valence electrons. The highest BCUT2D eigenvalue weighted by Crippen LogP contribution is 2.35. The number of carbonyl (C=O) groups is 1. The van der Waals surface area contributed by atoms with E-state index in [1.165, 1.54) is 6.20 Å². The first kappa shape index (κ1) is 13.5. The summed E-state index contributed by atoms with van der Waals surface area (Å²) >= 11 is 0. The van der Waals surface area contributed by atoms with Crippen LogP contribution in [0.3, 0.4) is 0 Å². The van der Waals surface area contributed by atoms with E-state index in [2.05, 4.69) is 25.9 Å². The number of nitrogens with one attached hydrogen (secondary N) is 2. The van der Waals surface area contributed by atoms with E-state index in [1.54, 1.807) is 0 Å². The van der Waals surface area contributed by atoms with E-state index in [1.807, 2.05) is 29.2 Å². The van der Waals surface area contributed by atoms with Crippen LogP contribution >= 0.6 is 0 Å². The molecule has 2 aromatic rings. The number of aromatic amines is 1. The first-order chi connectivity index (χ1) is 11.3. The first-order valence-electron chi connectivity index (χ1n) is 7.31. The number of hydrogen-bond donors (Lipinski definition) is 2. The molecule has 0 radical (unpaired) electrons. The molecular formula is C15H13N7O. The second-order valence-electron chi connectivity index (χ2n) is 5.59. The van der Waals surface area contributed by atoms with Crippen molar-refractivity contribution in [3.05, 3.63) is 41.4 Å². The van der Waals surface area contributed by atoms with Crippen LogP contribution in [-0.2, 0) is 6.54 Å². The van der Waals surface area contributed by atoms with Gasteiger partial charge in [0, 0.05) is 30.0 Å². The molecule has 0 unspecified atom stereocenters. The van der Waals surface area contributed by atoms with Crippen LogP contribution in [0, 0.1) is 11.3 Å². The maximum Gasteiger partial charge on any atom is 0.254 e. The zero-order valence-electron chi connectivity index (χ0n) is 12.2. The Bertz CT molecular complexity index is 830. The van der Waals surface area contributed by atoms with E-state index >= 15 is 0 Å². The number of fused-ring (bicyclic) bond motifs is 1. The molecule has 2 N–H and O–H groups in total. The van der Waals surface area contributed by atoms with Gasteiger partial charge in [-0.15, -0.1) is 10.2 Å². The lowest BCUT2D eigenvalue weighted by Gasteiger charge is -2.13. The van der Waals surface area contributed by atoms with Crippen LogP contribution in [0.15, 0.2) is 24.4 Å². The largest absolute Gasteiger partial charge is 0.360 e. The Balaban J connectivity index is 1.55. The molecule has 1 amide bonds. The molecule has 1 fully saturated rings. The third kappa shape index (κ3) is 2.42. The molecule has 2 heterocycles. The summed E-state index contributed by atoms with van der Waals surface area (Å²) in [5.41, 5.74) is 2.86. The van der Waals surface area contributed by atoms with Crippen LogP contribution in [0.2, 0.25) is 0 Å². The predicted molar refractivity (Wildman–Crippen MR) is 80.7 cm³/mol. The number of nitrogens with zero attached hydrogens (tertiary/aromatic N) is 5. The van der Waals surface area contributed by atoms with Crippen molar-refractivity contribution in [2.45, 2.75) is 25.4 Å². The Morgan fingerprint density at radius 2 is 2.35 bits per heavy atom. The molecular weight excluding hydrogens is 294 g/mol. The molecule has 0 atom stereocenters. The summed E-state index contributed by atoms with van der Waals surface area (Å²) in [7, 11) is 0. The van der Waals surface area contributed by atoms with Crippen molar-refractivity contribution in [1.82, 2.24) is 25.5 Å².